The topological polar surface area (TPSA) is 305 Å². The number of hydrogen-bond acceptors (Lipinski definition) is 20. The molecule has 0 spiro atoms. The van der Waals surface area contributed by atoms with Gasteiger partial charge in [0, 0.05) is 50.3 Å². The van der Waals surface area contributed by atoms with Gasteiger partial charge in [-0.2, -0.15) is 31.4 Å². The Balaban J connectivity index is 0.000000255. The van der Waals surface area contributed by atoms with Crippen LogP contribution in [0.25, 0.3) is 22.8 Å². The van der Waals surface area contributed by atoms with Crippen LogP contribution in [-0.4, -0.2) is 87.3 Å². The van der Waals surface area contributed by atoms with E-state index in [0.717, 1.165) is 11.3 Å². The molecule has 6 heterocycles. The summed E-state index contributed by atoms with van der Waals surface area (Å²) in [5.74, 6) is 0.863. The second-order valence-corrected chi connectivity index (χ2v) is 17.3. The van der Waals surface area contributed by atoms with Crippen LogP contribution in [0.3, 0.4) is 0 Å². The van der Waals surface area contributed by atoms with E-state index in [4.69, 9.17) is 14.8 Å². The Morgan fingerprint density at radius 2 is 1.19 bits per heavy atom. The minimum Gasteiger partial charge on any atom is -0.870 e. The number of ketones is 1. The standard InChI is InChI=1S/C23H25FN8O2.C15H16FN7.C7H9N2O2.K.H2O/c1-13-14(7-9-17(33)20-29-21(34-31-20)23(2,3)4)6-8-16(18(13)24)19-25-12-26-22(30-19)28-15-10-27-32(5)11-15;1-9-10(5-17)3-4-12(13(9)16)14-18-8-19-15(22-14)21-11-6-20-23(2)7-11;1-7(2,3)6-8-5(4-10)9-11-6;;/h6,8,10-12H,7,9H2,1-5H3,(H,25,26,28,30);3-4,6-8H,5,17H2,1-2H3,(H,18,19,21,22);1-3H3;;1H2/q;;-1;+1;/p-1. The second kappa shape index (κ2) is 24.4. The summed E-state index contributed by atoms with van der Waals surface area (Å²) < 4.78 is 43.0. The molecule has 0 aliphatic carbocycles. The molecule has 0 aliphatic heterocycles. The fraction of sp³-hybridized carbons (Fsp3) is 0.333. The zero-order valence-electron chi connectivity index (χ0n) is 40.6. The maximum atomic E-state index is 15.2. The van der Waals surface area contributed by atoms with Crippen LogP contribution >= 0.6 is 0 Å². The first-order chi connectivity index (χ1) is 32.2. The van der Waals surface area contributed by atoms with Crippen molar-refractivity contribution in [2.45, 2.75) is 85.6 Å². The summed E-state index contributed by atoms with van der Waals surface area (Å²) in [6, 6.07) is 6.80. The molecule has 0 radical (unpaired) electrons. The van der Waals surface area contributed by atoms with Crippen molar-refractivity contribution in [1.29, 1.82) is 0 Å². The summed E-state index contributed by atoms with van der Waals surface area (Å²) in [5, 5.41) is 21.3. The Morgan fingerprint density at radius 3 is 1.60 bits per heavy atom. The monoisotopic (exact) mass is 986 g/mol. The van der Waals surface area contributed by atoms with E-state index in [2.05, 4.69) is 71.0 Å². The van der Waals surface area contributed by atoms with E-state index in [0.29, 0.717) is 52.1 Å². The number of anilines is 4. The fourth-order valence-corrected chi connectivity index (χ4v) is 6.06. The fourth-order valence-electron chi connectivity index (χ4n) is 6.06. The molecule has 0 amide bonds. The molecule has 0 unspecified atom stereocenters. The summed E-state index contributed by atoms with van der Waals surface area (Å²) in [4.78, 5) is 55.4. The molecule has 8 rings (SSSR count). The molecule has 0 saturated heterocycles. The minimum atomic E-state index is -0.446. The Labute approximate surface area is 443 Å². The number of nitrogens with zero attached hydrogens (tertiary/aromatic N) is 14. The quantitative estimate of drug-likeness (QED) is 0.0895. The van der Waals surface area contributed by atoms with Gasteiger partial charge in [0.2, 0.25) is 35.3 Å². The third kappa shape index (κ3) is 14.5. The molecule has 25 heteroatoms. The summed E-state index contributed by atoms with van der Waals surface area (Å²) in [5.41, 5.74) is 9.44. The van der Waals surface area contributed by atoms with E-state index in [9.17, 15) is 14.0 Å². The first kappa shape index (κ1) is 56.1. The number of halogens is 2. The summed E-state index contributed by atoms with van der Waals surface area (Å²) >= 11 is 0. The average Bonchev–Trinajstić information content (AvgIpc) is 4.14. The number of benzene rings is 2. The van der Waals surface area contributed by atoms with Gasteiger partial charge in [-0.1, -0.05) is 64.0 Å². The summed E-state index contributed by atoms with van der Waals surface area (Å²) in [6.45, 7) is 15.2. The first-order valence-electron chi connectivity index (χ1n) is 21.0. The number of hydrogen-bond donors (Lipinski definition) is 3. The molecular formula is C45H51F2KN17O5-. The third-order valence-electron chi connectivity index (χ3n) is 9.86. The van der Waals surface area contributed by atoms with Crippen LogP contribution < -0.4 is 67.8 Å². The normalized spacial score (nSPS) is 11.0. The maximum absolute atomic E-state index is 15.2. The Kier molecular flexibility index (Phi) is 19.5. The van der Waals surface area contributed by atoms with E-state index in [1.165, 1.54) is 12.7 Å². The van der Waals surface area contributed by atoms with Crippen LogP contribution in [0.5, 0.6) is 0 Å². The largest absolute Gasteiger partial charge is 1.00 e. The maximum Gasteiger partial charge on any atom is 1.00 e. The van der Waals surface area contributed by atoms with E-state index in [-0.39, 0.29) is 127 Å². The van der Waals surface area contributed by atoms with Gasteiger partial charge in [-0.25, -0.2) is 33.7 Å². The number of nitrogens with two attached hydrogens (primary N) is 1. The molecule has 6 aromatic heterocycles. The minimum absolute atomic E-state index is 0. The van der Waals surface area contributed by atoms with Crippen LogP contribution in [0.15, 0.2) is 70.8 Å². The number of Topliss-reactive ketones (excluding diaryl/α,β-unsaturated/α-hetero) is 1. The van der Waals surface area contributed by atoms with Gasteiger partial charge in [-0.15, -0.1) is 0 Å². The van der Waals surface area contributed by atoms with Crippen molar-refractivity contribution in [2.75, 3.05) is 10.6 Å². The van der Waals surface area contributed by atoms with Gasteiger partial charge in [-0.3, -0.25) is 14.2 Å². The predicted molar refractivity (Wildman–Crippen MR) is 246 cm³/mol. The Bertz CT molecular complexity index is 3030. The Hall–Kier alpha value is -6.48. The van der Waals surface area contributed by atoms with Crippen LogP contribution in [0.4, 0.5) is 32.1 Å². The van der Waals surface area contributed by atoms with Crippen molar-refractivity contribution in [3.05, 3.63) is 119 Å². The van der Waals surface area contributed by atoms with Gasteiger partial charge in [0.25, 0.3) is 0 Å². The van der Waals surface area contributed by atoms with Gasteiger partial charge < -0.3 is 35.7 Å². The summed E-state index contributed by atoms with van der Waals surface area (Å²) in [6.07, 6.45) is 11.5. The average molecular weight is 987 g/mol. The number of aromatic nitrogens is 14. The van der Waals surface area contributed by atoms with Crippen molar-refractivity contribution < 1.29 is 84.3 Å². The van der Waals surface area contributed by atoms with Gasteiger partial charge in [0.15, 0.2) is 11.6 Å². The SMILES string of the molecule is CC(C)(C)c1nc([C-]=O)no1.Cc1c(CCC(=O)c2noc(C(C)(C)C)n2)ccc(-c2ncnc(Nc3cnn(C)c3)n2)c1F.Cc1c(CN)ccc(-c2ncnc(Nc3cnn(C)c3)n2)c1F.[K+].[OH-]. The van der Waals surface area contributed by atoms with E-state index in [1.807, 2.05) is 41.5 Å². The number of aryl methyl sites for hydroxylation is 3. The molecule has 0 bridgehead atoms. The number of nitrogens with one attached hydrogen (secondary N) is 2. The molecule has 0 saturated carbocycles. The molecule has 5 N–H and O–H groups in total. The van der Waals surface area contributed by atoms with Crippen molar-refractivity contribution in [3.63, 3.8) is 0 Å². The van der Waals surface area contributed by atoms with E-state index >= 15 is 4.39 Å². The molecule has 0 fully saturated rings. The number of carbonyl (C=O) groups is 1. The number of rotatable bonds is 12. The first-order valence-corrected chi connectivity index (χ1v) is 21.0. The van der Waals surface area contributed by atoms with Crippen molar-refractivity contribution >= 4 is 35.3 Å². The van der Waals surface area contributed by atoms with Crippen LogP contribution in [0, 0.1) is 25.5 Å². The zero-order chi connectivity index (χ0) is 49.3. The molecule has 2 aromatic carbocycles. The van der Waals surface area contributed by atoms with E-state index in [1.54, 1.807) is 92.6 Å². The molecule has 22 nitrogen and oxygen atoms in total. The van der Waals surface area contributed by atoms with E-state index < -0.39 is 5.82 Å². The molecule has 8 aromatic rings. The zero-order valence-corrected chi connectivity index (χ0v) is 43.7. The smallest absolute Gasteiger partial charge is 0.870 e. The molecule has 0 aliphatic rings. The van der Waals surface area contributed by atoms with Crippen LogP contribution in [-0.2, 0) is 42.7 Å². The molecule has 362 valence electrons. The van der Waals surface area contributed by atoms with Gasteiger partial charge in [0.1, 0.15) is 24.3 Å². The Morgan fingerprint density at radius 1 is 0.714 bits per heavy atom. The van der Waals surface area contributed by atoms with Crippen LogP contribution in [0.1, 0.15) is 98.4 Å². The van der Waals surface area contributed by atoms with Gasteiger partial charge in [-0.05, 0) is 54.7 Å². The second-order valence-electron chi connectivity index (χ2n) is 17.3. The van der Waals surface area contributed by atoms with Gasteiger partial charge in [0.05, 0.1) is 40.7 Å². The third-order valence-corrected chi connectivity index (χ3v) is 9.86. The van der Waals surface area contributed by atoms with Crippen molar-refractivity contribution in [2.24, 2.45) is 19.8 Å². The van der Waals surface area contributed by atoms with Crippen molar-refractivity contribution in [3.8, 4) is 22.8 Å². The van der Waals surface area contributed by atoms with Crippen LogP contribution in [0.2, 0.25) is 0 Å². The van der Waals surface area contributed by atoms with Gasteiger partial charge >= 0.3 is 51.4 Å². The predicted octanol–water partition coefficient (Wildman–Crippen LogP) is 3.53. The molecular weight excluding hydrogens is 936 g/mol. The molecule has 0 atom stereocenters. The molecule has 70 heavy (non-hydrogen) atoms. The summed E-state index contributed by atoms with van der Waals surface area (Å²) in [7, 11) is 3.60. The van der Waals surface area contributed by atoms with Crippen molar-refractivity contribution in [1.82, 2.24) is 69.7 Å². The number of carbonyl (C=O) groups excluding carboxylic acids is 2.